The van der Waals surface area contributed by atoms with Gasteiger partial charge in [-0.25, -0.2) is 0 Å². The number of para-hydroxylation sites is 2. The summed E-state index contributed by atoms with van der Waals surface area (Å²) in [5.41, 5.74) is 5.14. The van der Waals surface area contributed by atoms with Gasteiger partial charge in [-0.15, -0.1) is 0 Å². The molecule has 0 aliphatic carbocycles. The predicted molar refractivity (Wildman–Crippen MR) is 65.9 cm³/mol. The third-order valence-electron chi connectivity index (χ3n) is 2.58. The van der Waals surface area contributed by atoms with Gasteiger partial charge < -0.3 is 10.5 Å². The van der Waals surface area contributed by atoms with Crippen LogP contribution in [0.15, 0.2) is 54.6 Å². The van der Waals surface area contributed by atoms with Gasteiger partial charge in [-0.1, -0.05) is 36.4 Å². The van der Waals surface area contributed by atoms with Crippen LogP contribution in [0.2, 0.25) is 0 Å². The summed E-state index contributed by atoms with van der Waals surface area (Å²) in [6, 6.07) is 12.4. The second kappa shape index (κ2) is 5.32. The Morgan fingerprint density at radius 3 is 2.11 bits per heavy atom. The Bertz CT molecular complexity index is 540. The molecule has 0 heterocycles. The highest BCUT2D eigenvalue weighted by Gasteiger charge is 2.39. The smallest absolute Gasteiger partial charge is 0.407 e. The van der Waals surface area contributed by atoms with Gasteiger partial charge >= 0.3 is 6.18 Å². The zero-order valence-corrected chi connectivity index (χ0v) is 9.89. The van der Waals surface area contributed by atoms with Gasteiger partial charge in [0.25, 0.3) is 0 Å². The number of nitrogens with two attached hydrogens (primary N) is 1. The molecule has 19 heavy (non-hydrogen) atoms. The van der Waals surface area contributed by atoms with E-state index in [1.165, 1.54) is 18.2 Å². The Balaban J connectivity index is 2.32. The predicted octanol–water partition coefficient (Wildman–Crippen LogP) is 4.04. The summed E-state index contributed by atoms with van der Waals surface area (Å²) in [5, 5.41) is 0. The van der Waals surface area contributed by atoms with Crippen molar-refractivity contribution in [3.05, 3.63) is 60.2 Å². The van der Waals surface area contributed by atoms with Gasteiger partial charge in [0.05, 0.1) is 0 Å². The minimum atomic E-state index is -4.50. The zero-order chi connectivity index (χ0) is 13.9. The molecule has 0 aromatic heterocycles. The molecule has 0 aliphatic heterocycles. The maximum Gasteiger partial charge on any atom is 0.407 e. The van der Waals surface area contributed by atoms with Crippen LogP contribution in [-0.2, 0) is 0 Å². The van der Waals surface area contributed by atoms with Crippen LogP contribution in [0.25, 0.3) is 0 Å². The molecule has 2 N–H and O–H groups in total. The summed E-state index contributed by atoms with van der Waals surface area (Å²) in [6.07, 6.45) is -4.50. The van der Waals surface area contributed by atoms with Crippen LogP contribution in [0.1, 0.15) is 11.6 Å². The van der Waals surface area contributed by atoms with Crippen molar-refractivity contribution in [3.63, 3.8) is 0 Å². The molecule has 1 unspecified atom stereocenters. The lowest BCUT2D eigenvalue weighted by Crippen LogP contribution is -2.28. The highest BCUT2D eigenvalue weighted by atomic mass is 19.4. The second-order valence-corrected chi connectivity index (χ2v) is 3.97. The van der Waals surface area contributed by atoms with E-state index < -0.39 is 12.2 Å². The monoisotopic (exact) mass is 267 g/mol. The fourth-order valence-corrected chi connectivity index (χ4v) is 1.62. The molecule has 2 nitrogen and oxygen atoms in total. The fraction of sp³-hybridized carbons (Fsp3) is 0.143. The number of halogens is 3. The van der Waals surface area contributed by atoms with Crippen molar-refractivity contribution in [3.8, 4) is 11.5 Å². The molecule has 0 amide bonds. The zero-order valence-electron chi connectivity index (χ0n) is 9.89. The van der Waals surface area contributed by atoms with Gasteiger partial charge in [0.2, 0.25) is 0 Å². The van der Waals surface area contributed by atoms with Gasteiger partial charge in [-0.2, -0.15) is 13.2 Å². The highest BCUT2D eigenvalue weighted by Crippen LogP contribution is 2.36. The van der Waals surface area contributed by atoms with Crippen molar-refractivity contribution in [1.82, 2.24) is 0 Å². The molecule has 0 bridgehead atoms. The van der Waals surface area contributed by atoms with Gasteiger partial charge in [0, 0.05) is 5.56 Å². The van der Waals surface area contributed by atoms with E-state index in [0.29, 0.717) is 5.75 Å². The van der Waals surface area contributed by atoms with E-state index in [0.717, 1.165) is 0 Å². The molecule has 2 rings (SSSR count). The molecule has 0 aliphatic rings. The van der Waals surface area contributed by atoms with E-state index in [1.54, 1.807) is 36.4 Å². The Labute approximate surface area is 108 Å². The quantitative estimate of drug-likeness (QED) is 0.910. The number of hydrogen-bond acceptors (Lipinski definition) is 2. The van der Waals surface area contributed by atoms with Crippen LogP contribution in [0.5, 0.6) is 11.5 Å². The van der Waals surface area contributed by atoms with Crippen molar-refractivity contribution >= 4 is 0 Å². The van der Waals surface area contributed by atoms with Crippen molar-refractivity contribution in [2.75, 3.05) is 0 Å². The van der Waals surface area contributed by atoms with Crippen LogP contribution >= 0.6 is 0 Å². The normalized spacial score (nSPS) is 13.1. The summed E-state index contributed by atoms with van der Waals surface area (Å²) in [5.74, 6) is 0.572. The number of ether oxygens (including phenoxy) is 1. The van der Waals surface area contributed by atoms with Gasteiger partial charge in [-0.05, 0) is 18.2 Å². The molecule has 5 heteroatoms. The third-order valence-corrected chi connectivity index (χ3v) is 2.58. The minimum Gasteiger partial charge on any atom is -0.457 e. The lowest BCUT2D eigenvalue weighted by atomic mass is 10.1. The minimum absolute atomic E-state index is 0.0844. The van der Waals surface area contributed by atoms with Crippen LogP contribution < -0.4 is 10.5 Å². The number of alkyl halides is 3. The van der Waals surface area contributed by atoms with Crippen LogP contribution in [-0.4, -0.2) is 6.18 Å². The van der Waals surface area contributed by atoms with E-state index in [-0.39, 0.29) is 11.3 Å². The lowest BCUT2D eigenvalue weighted by Gasteiger charge is -2.19. The Morgan fingerprint density at radius 2 is 1.47 bits per heavy atom. The van der Waals surface area contributed by atoms with Crippen molar-refractivity contribution < 1.29 is 17.9 Å². The van der Waals surface area contributed by atoms with Gasteiger partial charge in [0.15, 0.2) is 0 Å². The third kappa shape index (κ3) is 3.26. The fourth-order valence-electron chi connectivity index (χ4n) is 1.62. The maximum atomic E-state index is 12.7. The largest absolute Gasteiger partial charge is 0.457 e. The average Bonchev–Trinajstić information content (AvgIpc) is 2.39. The van der Waals surface area contributed by atoms with Crippen LogP contribution in [0, 0.1) is 0 Å². The molecule has 0 saturated carbocycles. The first-order valence-corrected chi connectivity index (χ1v) is 5.62. The molecule has 2 aromatic rings. The molecule has 0 spiro atoms. The molecule has 0 radical (unpaired) electrons. The van der Waals surface area contributed by atoms with Crippen molar-refractivity contribution in [2.45, 2.75) is 12.2 Å². The van der Waals surface area contributed by atoms with Crippen LogP contribution in [0.3, 0.4) is 0 Å². The van der Waals surface area contributed by atoms with Gasteiger partial charge in [0.1, 0.15) is 17.5 Å². The van der Waals surface area contributed by atoms with E-state index in [2.05, 4.69) is 0 Å². The summed E-state index contributed by atoms with van der Waals surface area (Å²) in [7, 11) is 0. The maximum absolute atomic E-state index is 12.7. The number of benzene rings is 2. The van der Waals surface area contributed by atoms with E-state index in [1.807, 2.05) is 0 Å². The second-order valence-electron chi connectivity index (χ2n) is 3.97. The first kappa shape index (κ1) is 13.4. The molecule has 2 aromatic carbocycles. The summed E-state index contributed by atoms with van der Waals surface area (Å²) in [4.78, 5) is 0. The Kier molecular flexibility index (Phi) is 3.76. The topological polar surface area (TPSA) is 35.2 Å². The molecule has 0 saturated heterocycles. The molecule has 0 fully saturated rings. The first-order chi connectivity index (χ1) is 8.98. The average molecular weight is 267 g/mol. The Hall–Kier alpha value is -2.01. The first-order valence-electron chi connectivity index (χ1n) is 5.62. The van der Waals surface area contributed by atoms with Crippen LogP contribution in [0.4, 0.5) is 13.2 Å². The molecular formula is C14H12F3NO. The van der Waals surface area contributed by atoms with Gasteiger partial charge in [-0.3, -0.25) is 0 Å². The summed E-state index contributed by atoms with van der Waals surface area (Å²) >= 11 is 0. The Morgan fingerprint density at radius 1 is 0.895 bits per heavy atom. The summed E-state index contributed by atoms with van der Waals surface area (Å²) in [6.45, 7) is 0. The number of rotatable bonds is 3. The van der Waals surface area contributed by atoms with E-state index in [4.69, 9.17) is 10.5 Å². The highest BCUT2D eigenvalue weighted by molar-refractivity contribution is 5.40. The van der Waals surface area contributed by atoms with E-state index >= 15 is 0 Å². The standard InChI is InChI=1S/C14H12F3NO/c15-14(16,17)13(18)11-8-4-5-9-12(11)19-10-6-2-1-3-7-10/h1-9,13H,18H2. The number of hydrogen-bond donors (Lipinski definition) is 1. The lowest BCUT2D eigenvalue weighted by molar-refractivity contribution is -0.149. The molecule has 100 valence electrons. The summed E-state index contributed by atoms with van der Waals surface area (Å²) < 4.78 is 43.5. The molecule has 1 atom stereocenters. The van der Waals surface area contributed by atoms with Crippen molar-refractivity contribution in [2.24, 2.45) is 5.73 Å². The SMILES string of the molecule is NC(c1ccccc1Oc1ccccc1)C(F)(F)F. The molecular weight excluding hydrogens is 255 g/mol. The van der Waals surface area contributed by atoms with Crippen molar-refractivity contribution in [1.29, 1.82) is 0 Å². The van der Waals surface area contributed by atoms with E-state index in [9.17, 15) is 13.2 Å².